The third-order valence-corrected chi connectivity index (χ3v) is 4.73. The van der Waals surface area contributed by atoms with Crippen LogP contribution in [-0.4, -0.2) is 70.3 Å². The van der Waals surface area contributed by atoms with Crippen molar-refractivity contribution in [3.05, 3.63) is 35.4 Å². The maximum absolute atomic E-state index is 5.73. The van der Waals surface area contributed by atoms with Gasteiger partial charge in [-0.2, -0.15) is 0 Å². The number of hydrogen-bond donors (Lipinski definition) is 1. The number of aryl methyl sites for hydroxylation is 1. The Kier molecular flexibility index (Phi) is 7.72. The topological polar surface area (TPSA) is 40.1 Å². The normalized spacial score (nSPS) is 16.2. The summed E-state index contributed by atoms with van der Waals surface area (Å²) in [5.74, 6) is 1.73. The summed E-state index contributed by atoms with van der Waals surface area (Å²) in [7, 11) is 8.13. The number of nitrogens with one attached hydrogen (secondary N) is 1. The fraction of sp³-hybridized carbons (Fsp3) is 0.650. The molecule has 0 heterocycles. The minimum Gasteiger partial charge on any atom is -0.379 e. The molecule has 0 bridgehead atoms. The summed E-state index contributed by atoms with van der Waals surface area (Å²) in [6, 6.07) is 9.06. The first-order valence-corrected chi connectivity index (χ1v) is 9.23. The van der Waals surface area contributed by atoms with Crippen LogP contribution in [0.1, 0.15) is 30.0 Å². The smallest absolute Gasteiger partial charge is 0.193 e. The lowest BCUT2D eigenvalue weighted by Gasteiger charge is -2.28. The van der Waals surface area contributed by atoms with E-state index in [0.717, 1.165) is 38.2 Å². The van der Waals surface area contributed by atoms with E-state index in [-0.39, 0.29) is 0 Å². The molecule has 1 fully saturated rings. The fourth-order valence-corrected chi connectivity index (χ4v) is 2.80. The maximum Gasteiger partial charge on any atom is 0.193 e. The minimum absolute atomic E-state index is 0.303. The highest BCUT2D eigenvalue weighted by Gasteiger charge is 2.21. The van der Waals surface area contributed by atoms with E-state index in [0.29, 0.717) is 6.04 Å². The van der Waals surface area contributed by atoms with Crippen LogP contribution in [0, 0.1) is 12.8 Å². The van der Waals surface area contributed by atoms with Gasteiger partial charge in [-0.05, 0) is 45.3 Å². The molecule has 0 spiro atoms. The number of benzene rings is 1. The van der Waals surface area contributed by atoms with E-state index < -0.39 is 0 Å². The van der Waals surface area contributed by atoms with Crippen LogP contribution in [-0.2, 0) is 4.74 Å². The molecule has 1 aliphatic carbocycles. The summed E-state index contributed by atoms with van der Waals surface area (Å²) in [5, 5.41) is 3.50. The second-order valence-corrected chi connectivity index (χ2v) is 7.26. The first-order valence-electron chi connectivity index (χ1n) is 9.23. The molecule has 1 N–H and O–H groups in total. The molecule has 5 heteroatoms. The summed E-state index contributed by atoms with van der Waals surface area (Å²) in [4.78, 5) is 8.78. The van der Waals surface area contributed by atoms with Gasteiger partial charge in [0.25, 0.3) is 0 Å². The van der Waals surface area contributed by atoms with Crippen LogP contribution in [0.2, 0.25) is 0 Å². The van der Waals surface area contributed by atoms with E-state index in [9.17, 15) is 0 Å². The molecular weight excluding hydrogens is 312 g/mol. The highest BCUT2D eigenvalue weighted by atomic mass is 16.5. The fourth-order valence-electron chi connectivity index (χ4n) is 2.80. The Morgan fingerprint density at radius 3 is 2.48 bits per heavy atom. The van der Waals surface area contributed by atoms with Gasteiger partial charge in [-0.3, -0.25) is 4.99 Å². The van der Waals surface area contributed by atoms with E-state index in [1.807, 2.05) is 7.05 Å². The Balaban J connectivity index is 1.82. The van der Waals surface area contributed by atoms with Crippen LogP contribution in [0.5, 0.6) is 0 Å². The predicted molar refractivity (Wildman–Crippen MR) is 105 cm³/mol. The summed E-state index contributed by atoms with van der Waals surface area (Å²) in [6.45, 7) is 5.45. The van der Waals surface area contributed by atoms with Crippen LogP contribution >= 0.6 is 0 Å². The van der Waals surface area contributed by atoms with Gasteiger partial charge in [-0.1, -0.05) is 29.8 Å². The molecule has 1 saturated carbocycles. The van der Waals surface area contributed by atoms with Crippen LogP contribution < -0.4 is 5.32 Å². The molecule has 2 rings (SSSR count). The van der Waals surface area contributed by atoms with E-state index in [4.69, 9.17) is 4.74 Å². The van der Waals surface area contributed by atoms with Crippen molar-refractivity contribution in [1.82, 2.24) is 15.1 Å². The van der Waals surface area contributed by atoms with Gasteiger partial charge in [0, 0.05) is 33.8 Å². The highest BCUT2D eigenvalue weighted by molar-refractivity contribution is 5.79. The number of likely N-dealkylation sites (N-methyl/N-ethyl adjacent to an activating group) is 2. The van der Waals surface area contributed by atoms with Gasteiger partial charge in [-0.25, -0.2) is 0 Å². The predicted octanol–water partition coefficient (Wildman–Crippen LogP) is 2.53. The average molecular weight is 347 g/mol. The Morgan fingerprint density at radius 2 is 1.92 bits per heavy atom. The lowest BCUT2D eigenvalue weighted by atomic mass is 10.0. The first-order chi connectivity index (χ1) is 12.0. The van der Waals surface area contributed by atoms with Crippen LogP contribution in [0.25, 0.3) is 0 Å². The second-order valence-electron chi connectivity index (χ2n) is 7.26. The summed E-state index contributed by atoms with van der Waals surface area (Å²) in [5.41, 5.74) is 2.60. The Hall–Kier alpha value is -1.59. The largest absolute Gasteiger partial charge is 0.379 e. The van der Waals surface area contributed by atoms with Gasteiger partial charge in [0.05, 0.1) is 12.6 Å². The lowest BCUT2D eigenvalue weighted by molar-refractivity contribution is 0.115. The Labute approximate surface area is 153 Å². The van der Waals surface area contributed by atoms with E-state index in [2.05, 4.69) is 72.4 Å². The van der Waals surface area contributed by atoms with Crippen LogP contribution in [0.3, 0.4) is 0 Å². The molecule has 0 aliphatic heterocycles. The van der Waals surface area contributed by atoms with E-state index >= 15 is 0 Å². The van der Waals surface area contributed by atoms with Crippen molar-refractivity contribution >= 4 is 5.96 Å². The zero-order chi connectivity index (χ0) is 18.2. The molecule has 1 aromatic rings. The van der Waals surface area contributed by atoms with Crippen molar-refractivity contribution < 1.29 is 4.74 Å². The van der Waals surface area contributed by atoms with Gasteiger partial charge >= 0.3 is 0 Å². The Bertz CT molecular complexity index is 537. The van der Waals surface area contributed by atoms with Crippen molar-refractivity contribution in [2.45, 2.75) is 25.8 Å². The second kappa shape index (κ2) is 9.78. The van der Waals surface area contributed by atoms with E-state index in [1.165, 1.54) is 24.0 Å². The molecule has 1 unspecified atom stereocenters. The Morgan fingerprint density at radius 1 is 1.24 bits per heavy atom. The number of guanidine groups is 1. The summed E-state index contributed by atoms with van der Waals surface area (Å²) in [6.07, 6.45) is 2.67. The quantitative estimate of drug-likeness (QED) is 0.424. The molecule has 0 aromatic heterocycles. The van der Waals surface area contributed by atoms with Crippen LogP contribution in [0.4, 0.5) is 0 Å². The van der Waals surface area contributed by atoms with Crippen molar-refractivity contribution in [1.29, 1.82) is 0 Å². The average Bonchev–Trinajstić information content (AvgIpc) is 3.41. The third-order valence-electron chi connectivity index (χ3n) is 4.73. The molecule has 0 radical (unpaired) electrons. The van der Waals surface area contributed by atoms with Crippen LogP contribution in [0.15, 0.2) is 29.3 Å². The van der Waals surface area contributed by atoms with Gasteiger partial charge in [0.1, 0.15) is 0 Å². The maximum atomic E-state index is 5.73. The molecule has 25 heavy (non-hydrogen) atoms. The summed E-state index contributed by atoms with van der Waals surface area (Å²) >= 11 is 0. The minimum atomic E-state index is 0.303. The monoisotopic (exact) mass is 346 g/mol. The molecule has 1 atom stereocenters. The molecular formula is C20H34N4O. The molecule has 5 nitrogen and oxygen atoms in total. The van der Waals surface area contributed by atoms with Gasteiger partial charge in [0.15, 0.2) is 5.96 Å². The SMILES string of the molecule is CN=C(NCC(c1ccc(C)cc1)N(C)C)N(C)CCOCC1CC1. The third kappa shape index (κ3) is 6.67. The standard InChI is InChI=1S/C20H34N4O/c1-16-6-10-18(11-7-16)19(23(3)4)14-22-20(21-2)24(5)12-13-25-15-17-8-9-17/h6-7,10-11,17,19H,8-9,12-15H2,1-5H3,(H,21,22). The van der Waals surface area contributed by atoms with Crippen molar-refractivity contribution in [2.75, 3.05) is 54.5 Å². The first kappa shape index (κ1) is 19.7. The molecule has 1 aromatic carbocycles. The molecule has 0 amide bonds. The zero-order valence-electron chi connectivity index (χ0n) is 16.5. The molecule has 140 valence electrons. The van der Waals surface area contributed by atoms with Gasteiger partial charge in [-0.15, -0.1) is 0 Å². The van der Waals surface area contributed by atoms with Crippen molar-refractivity contribution in [3.8, 4) is 0 Å². The van der Waals surface area contributed by atoms with Crippen molar-refractivity contribution in [2.24, 2.45) is 10.9 Å². The molecule has 1 aliphatic rings. The van der Waals surface area contributed by atoms with Gasteiger partial charge in [0.2, 0.25) is 0 Å². The molecule has 0 saturated heterocycles. The zero-order valence-corrected chi connectivity index (χ0v) is 16.5. The highest BCUT2D eigenvalue weighted by Crippen LogP contribution is 2.28. The number of hydrogen-bond acceptors (Lipinski definition) is 3. The van der Waals surface area contributed by atoms with Crippen molar-refractivity contribution in [3.63, 3.8) is 0 Å². The number of nitrogens with zero attached hydrogens (tertiary/aromatic N) is 3. The van der Waals surface area contributed by atoms with Gasteiger partial charge < -0.3 is 19.9 Å². The summed E-state index contributed by atoms with van der Waals surface area (Å²) < 4.78 is 5.73. The number of ether oxygens (including phenoxy) is 1. The van der Waals surface area contributed by atoms with E-state index in [1.54, 1.807) is 0 Å². The lowest BCUT2D eigenvalue weighted by Crippen LogP contribution is -2.43. The number of aliphatic imine (C=N–C) groups is 1. The number of rotatable bonds is 9.